The van der Waals surface area contributed by atoms with Crippen LogP contribution >= 0.6 is 0 Å². The Morgan fingerprint density at radius 2 is 1.75 bits per heavy atom. The molecule has 0 aliphatic rings. The Bertz CT molecular complexity index is 1020. The zero-order chi connectivity index (χ0) is 20.3. The Kier molecular flexibility index (Phi) is 5.39. The second kappa shape index (κ2) is 7.91. The Labute approximate surface area is 163 Å². The van der Waals surface area contributed by atoms with Gasteiger partial charge in [0, 0.05) is 12.2 Å². The van der Waals surface area contributed by atoms with E-state index in [2.05, 4.69) is 20.6 Å². The van der Waals surface area contributed by atoms with Crippen LogP contribution in [-0.2, 0) is 6.54 Å². The average molecular weight is 378 g/mol. The smallest absolute Gasteiger partial charge is 0.353 e. The molecule has 3 aromatic rings. The lowest BCUT2D eigenvalue weighted by atomic mass is 10.1. The van der Waals surface area contributed by atoms with Crippen LogP contribution in [0.25, 0.3) is 0 Å². The van der Waals surface area contributed by atoms with Crippen molar-refractivity contribution in [3.8, 4) is 0 Å². The summed E-state index contributed by atoms with van der Waals surface area (Å²) in [6.07, 6.45) is 0. The van der Waals surface area contributed by atoms with Crippen molar-refractivity contribution in [2.75, 3.05) is 16.4 Å². The molecule has 3 rings (SSSR count). The van der Waals surface area contributed by atoms with Crippen molar-refractivity contribution in [3.05, 3.63) is 74.8 Å². The SMILES string of the molecule is Cc1ccc(CNc2nc(N)c([N+](=O)[O-])c(Nc3ccc(C)c(C)c3)n2)cc1. The number of aromatic nitrogens is 2. The lowest BCUT2D eigenvalue weighted by Gasteiger charge is -2.12. The molecule has 8 nitrogen and oxygen atoms in total. The van der Waals surface area contributed by atoms with E-state index in [1.54, 1.807) is 0 Å². The van der Waals surface area contributed by atoms with Gasteiger partial charge >= 0.3 is 5.69 Å². The zero-order valence-electron chi connectivity index (χ0n) is 16.0. The van der Waals surface area contributed by atoms with E-state index < -0.39 is 4.92 Å². The molecule has 0 saturated carbocycles. The minimum atomic E-state index is -0.581. The highest BCUT2D eigenvalue weighted by Gasteiger charge is 2.23. The molecule has 0 saturated heterocycles. The van der Waals surface area contributed by atoms with Gasteiger partial charge in [0.15, 0.2) is 0 Å². The molecule has 0 spiro atoms. The van der Waals surface area contributed by atoms with Crippen LogP contribution in [-0.4, -0.2) is 14.9 Å². The number of nitrogens with one attached hydrogen (secondary N) is 2. The summed E-state index contributed by atoms with van der Waals surface area (Å²) in [5.41, 5.74) is 10.6. The van der Waals surface area contributed by atoms with Crippen LogP contribution < -0.4 is 16.4 Å². The Hall–Kier alpha value is -3.68. The molecular formula is C20H22N6O2. The van der Waals surface area contributed by atoms with Crippen molar-refractivity contribution in [1.29, 1.82) is 0 Å². The molecule has 0 fully saturated rings. The standard InChI is InChI=1S/C20H22N6O2/c1-12-4-7-15(8-5-12)11-22-20-24-18(21)17(26(27)28)19(25-20)23-16-9-6-13(2)14(3)10-16/h4-10H,11H2,1-3H3,(H4,21,22,23,24,25). The van der Waals surface area contributed by atoms with Crippen LogP contribution in [0.4, 0.5) is 29.0 Å². The van der Waals surface area contributed by atoms with Gasteiger partial charge in [-0.3, -0.25) is 10.1 Å². The van der Waals surface area contributed by atoms with Gasteiger partial charge in [-0.25, -0.2) is 0 Å². The molecule has 0 amide bonds. The van der Waals surface area contributed by atoms with Crippen LogP contribution in [0.3, 0.4) is 0 Å². The summed E-state index contributed by atoms with van der Waals surface area (Å²) in [5, 5.41) is 17.5. The predicted octanol–water partition coefficient (Wildman–Crippen LogP) is 4.25. The number of rotatable bonds is 6. The van der Waals surface area contributed by atoms with Gasteiger partial charge in [0.25, 0.3) is 0 Å². The molecule has 0 aliphatic heterocycles. The van der Waals surface area contributed by atoms with Gasteiger partial charge in [0.2, 0.25) is 17.6 Å². The van der Waals surface area contributed by atoms with Crippen molar-refractivity contribution in [2.24, 2.45) is 0 Å². The van der Waals surface area contributed by atoms with Crippen LogP contribution in [0.15, 0.2) is 42.5 Å². The summed E-state index contributed by atoms with van der Waals surface area (Å²) >= 11 is 0. The molecule has 0 atom stereocenters. The van der Waals surface area contributed by atoms with E-state index in [4.69, 9.17) is 5.73 Å². The quantitative estimate of drug-likeness (QED) is 0.433. The molecule has 0 aliphatic carbocycles. The second-order valence-corrected chi connectivity index (χ2v) is 6.65. The molecule has 1 aromatic heterocycles. The number of hydrogen-bond donors (Lipinski definition) is 3. The molecule has 4 N–H and O–H groups in total. The van der Waals surface area contributed by atoms with Gasteiger partial charge in [0.1, 0.15) is 0 Å². The summed E-state index contributed by atoms with van der Waals surface area (Å²) in [7, 11) is 0. The summed E-state index contributed by atoms with van der Waals surface area (Å²) in [4.78, 5) is 19.2. The highest BCUT2D eigenvalue weighted by Crippen LogP contribution is 2.31. The van der Waals surface area contributed by atoms with Gasteiger partial charge in [-0.1, -0.05) is 35.9 Å². The topological polar surface area (TPSA) is 119 Å². The molecule has 0 unspecified atom stereocenters. The highest BCUT2D eigenvalue weighted by molar-refractivity contribution is 5.74. The number of nitro groups is 1. The molecule has 1 heterocycles. The van der Waals surface area contributed by atoms with Gasteiger partial charge in [-0.15, -0.1) is 0 Å². The molecule has 144 valence electrons. The maximum atomic E-state index is 11.5. The predicted molar refractivity (Wildman–Crippen MR) is 111 cm³/mol. The lowest BCUT2D eigenvalue weighted by molar-refractivity contribution is -0.383. The van der Waals surface area contributed by atoms with Crippen LogP contribution in [0.5, 0.6) is 0 Å². The largest absolute Gasteiger partial charge is 0.378 e. The number of nitrogens with two attached hydrogens (primary N) is 1. The summed E-state index contributed by atoms with van der Waals surface area (Å²) < 4.78 is 0. The van der Waals surface area contributed by atoms with E-state index in [-0.39, 0.29) is 23.3 Å². The van der Waals surface area contributed by atoms with Crippen molar-refractivity contribution in [3.63, 3.8) is 0 Å². The van der Waals surface area contributed by atoms with E-state index in [1.807, 2.05) is 63.2 Å². The molecule has 8 heteroatoms. The van der Waals surface area contributed by atoms with Gasteiger partial charge in [0.05, 0.1) is 4.92 Å². The first kappa shape index (κ1) is 19.1. The normalized spacial score (nSPS) is 10.5. The Morgan fingerprint density at radius 1 is 1.04 bits per heavy atom. The number of nitrogens with zero attached hydrogens (tertiary/aromatic N) is 3. The van der Waals surface area contributed by atoms with Crippen LogP contribution in [0.2, 0.25) is 0 Å². The minimum Gasteiger partial charge on any atom is -0.378 e. The van der Waals surface area contributed by atoms with E-state index in [0.29, 0.717) is 12.2 Å². The molecular weight excluding hydrogens is 356 g/mol. The summed E-state index contributed by atoms with van der Waals surface area (Å²) in [6.45, 7) is 6.46. The molecule has 0 radical (unpaired) electrons. The fourth-order valence-corrected chi connectivity index (χ4v) is 2.66. The van der Waals surface area contributed by atoms with E-state index in [1.165, 1.54) is 5.56 Å². The number of aryl methyl sites for hydroxylation is 3. The Balaban J connectivity index is 1.89. The lowest BCUT2D eigenvalue weighted by Crippen LogP contribution is -2.10. The van der Waals surface area contributed by atoms with Crippen molar-refractivity contribution in [1.82, 2.24) is 9.97 Å². The zero-order valence-corrected chi connectivity index (χ0v) is 16.0. The maximum Gasteiger partial charge on any atom is 0.353 e. The van der Waals surface area contributed by atoms with Crippen molar-refractivity contribution < 1.29 is 4.92 Å². The molecule has 28 heavy (non-hydrogen) atoms. The maximum absolute atomic E-state index is 11.5. The van der Waals surface area contributed by atoms with Gasteiger partial charge < -0.3 is 16.4 Å². The number of nitrogen functional groups attached to an aromatic ring is 1. The fraction of sp³-hybridized carbons (Fsp3) is 0.200. The summed E-state index contributed by atoms with van der Waals surface area (Å²) in [5.74, 6) is 0.0694. The van der Waals surface area contributed by atoms with Gasteiger partial charge in [-0.05, 0) is 49.6 Å². The van der Waals surface area contributed by atoms with Crippen LogP contribution in [0.1, 0.15) is 22.3 Å². The van der Waals surface area contributed by atoms with E-state index >= 15 is 0 Å². The first-order valence-corrected chi connectivity index (χ1v) is 8.79. The Morgan fingerprint density at radius 3 is 2.39 bits per heavy atom. The van der Waals surface area contributed by atoms with E-state index in [0.717, 1.165) is 16.7 Å². The van der Waals surface area contributed by atoms with Crippen molar-refractivity contribution >= 4 is 29.0 Å². The first-order chi connectivity index (χ1) is 13.3. The monoisotopic (exact) mass is 378 g/mol. The highest BCUT2D eigenvalue weighted by atomic mass is 16.6. The fourth-order valence-electron chi connectivity index (χ4n) is 2.66. The third-order valence-corrected chi connectivity index (χ3v) is 4.43. The summed E-state index contributed by atoms with van der Waals surface area (Å²) in [6, 6.07) is 13.7. The average Bonchev–Trinajstić information content (AvgIpc) is 2.63. The second-order valence-electron chi connectivity index (χ2n) is 6.65. The van der Waals surface area contributed by atoms with Crippen molar-refractivity contribution in [2.45, 2.75) is 27.3 Å². The third kappa shape index (κ3) is 4.35. The van der Waals surface area contributed by atoms with Gasteiger partial charge in [-0.2, -0.15) is 9.97 Å². The van der Waals surface area contributed by atoms with Crippen LogP contribution in [0, 0.1) is 30.9 Å². The first-order valence-electron chi connectivity index (χ1n) is 8.79. The number of anilines is 4. The number of hydrogen-bond acceptors (Lipinski definition) is 7. The minimum absolute atomic E-state index is 0.0483. The number of benzene rings is 2. The molecule has 0 bridgehead atoms. The molecule has 2 aromatic carbocycles. The third-order valence-electron chi connectivity index (χ3n) is 4.43. The van der Waals surface area contributed by atoms with E-state index in [9.17, 15) is 10.1 Å².